The molecule has 2 aromatic heterocycles. The van der Waals surface area contributed by atoms with E-state index in [-0.39, 0.29) is 0 Å². The smallest absolute Gasteiger partial charge is 0.0897 e. The molecule has 0 saturated carbocycles. The van der Waals surface area contributed by atoms with Gasteiger partial charge in [0.1, 0.15) is 0 Å². The van der Waals surface area contributed by atoms with Crippen LogP contribution in [0, 0.1) is 6.92 Å². The van der Waals surface area contributed by atoms with Crippen molar-refractivity contribution >= 4 is 22.6 Å². The number of rotatable bonds is 3. The third kappa shape index (κ3) is 3.06. The van der Waals surface area contributed by atoms with Gasteiger partial charge in [-0.05, 0) is 36.6 Å². The number of hydrogen-bond donors (Lipinski definition) is 1. The van der Waals surface area contributed by atoms with Crippen LogP contribution in [0.25, 0.3) is 33.4 Å². The Labute approximate surface area is 152 Å². The molecule has 25 heavy (non-hydrogen) atoms. The number of fused-ring (bicyclic) bond motifs is 1. The van der Waals surface area contributed by atoms with Gasteiger partial charge < -0.3 is 4.98 Å². The van der Waals surface area contributed by atoms with Crippen LogP contribution in [0.3, 0.4) is 0 Å². The van der Waals surface area contributed by atoms with Crippen LogP contribution in [0.2, 0.25) is 5.02 Å². The summed E-state index contributed by atoms with van der Waals surface area (Å²) in [4.78, 5) is 8.12. The second-order valence-electron chi connectivity index (χ2n) is 6.34. The predicted molar refractivity (Wildman–Crippen MR) is 106 cm³/mol. The average molecular weight is 347 g/mol. The van der Waals surface area contributed by atoms with E-state index < -0.39 is 0 Å². The molecule has 0 unspecified atom stereocenters. The van der Waals surface area contributed by atoms with E-state index in [0.29, 0.717) is 5.02 Å². The lowest BCUT2D eigenvalue weighted by Crippen LogP contribution is -1.87. The zero-order valence-electron chi connectivity index (χ0n) is 14.3. The number of hydrogen-bond acceptors (Lipinski definition) is 1. The first-order valence-corrected chi connectivity index (χ1v) is 8.87. The van der Waals surface area contributed by atoms with Crippen molar-refractivity contribution in [3.63, 3.8) is 0 Å². The predicted octanol–water partition coefficient (Wildman–Crippen LogP) is 6.42. The number of H-pyrrole nitrogens is 1. The van der Waals surface area contributed by atoms with Crippen molar-refractivity contribution in [3.8, 4) is 22.4 Å². The number of halogens is 1. The quantitative estimate of drug-likeness (QED) is 0.455. The Balaban J connectivity index is 1.73. The molecule has 1 N–H and O–H groups in total. The van der Waals surface area contributed by atoms with E-state index in [1.165, 1.54) is 22.4 Å². The van der Waals surface area contributed by atoms with Gasteiger partial charge in [0.25, 0.3) is 0 Å². The standard InChI is InChI=1S/C22H19ClN2/c1-3-18-12-20-21(24-18)13-19(23)22(25-20)17-10-8-16(9-11-17)15-6-4-14(2)5-7-15/h4-13,24H,3H2,1-2H3. The maximum Gasteiger partial charge on any atom is 0.0897 e. The van der Waals surface area contributed by atoms with Crippen molar-refractivity contribution in [3.05, 3.63) is 76.9 Å². The Bertz CT molecular complexity index is 1030. The lowest BCUT2D eigenvalue weighted by Gasteiger charge is -2.07. The number of aromatic amines is 1. The largest absolute Gasteiger partial charge is 0.357 e. The molecule has 2 aromatic carbocycles. The molecule has 0 spiro atoms. The summed E-state index contributed by atoms with van der Waals surface area (Å²) in [6.45, 7) is 4.22. The number of aromatic nitrogens is 2. The number of pyridine rings is 1. The van der Waals surface area contributed by atoms with Gasteiger partial charge in [0.15, 0.2) is 0 Å². The fraction of sp³-hybridized carbons (Fsp3) is 0.136. The lowest BCUT2D eigenvalue weighted by atomic mass is 10.0. The molecule has 0 atom stereocenters. The second-order valence-corrected chi connectivity index (χ2v) is 6.75. The van der Waals surface area contributed by atoms with E-state index in [2.05, 4.69) is 73.4 Å². The first-order chi connectivity index (χ1) is 12.1. The van der Waals surface area contributed by atoms with Gasteiger partial charge in [0.05, 0.1) is 21.7 Å². The van der Waals surface area contributed by atoms with E-state index in [1.54, 1.807) is 0 Å². The fourth-order valence-electron chi connectivity index (χ4n) is 3.05. The summed E-state index contributed by atoms with van der Waals surface area (Å²) >= 11 is 6.48. The SMILES string of the molecule is CCc1cc2nc(-c3ccc(-c4ccc(C)cc4)cc3)c(Cl)cc2[nH]1. The molecule has 4 rings (SSSR count). The van der Waals surface area contributed by atoms with Crippen LogP contribution in [0.4, 0.5) is 0 Å². The first kappa shape index (κ1) is 15.9. The average Bonchev–Trinajstić information content (AvgIpc) is 3.04. The summed E-state index contributed by atoms with van der Waals surface area (Å²) in [5.74, 6) is 0. The molecule has 124 valence electrons. The Morgan fingerprint density at radius 1 is 0.880 bits per heavy atom. The summed E-state index contributed by atoms with van der Waals surface area (Å²) in [5, 5.41) is 0.667. The van der Waals surface area contributed by atoms with Crippen LogP contribution < -0.4 is 0 Å². The molecule has 0 saturated heterocycles. The Hall–Kier alpha value is -2.58. The van der Waals surface area contributed by atoms with Crippen LogP contribution in [0.15, 0.2) is 60.7 Å². The molecule has 0 aliphatic heterocycles. The molecule has 2 nitrogen and oxygen atoms in total. The van der Waals surface area contributed by atoms with Crippen LogP contribution in [-0.4, -0.2) is 9.97 Å². The third-order valence-corrected chi connectivity index (χ3v) is 4.82. The first-order valence-electron chi connectivity index (χ1n) is 8.49. The minimum Gasteiger partial charge on any atom is -0.357 e. The summed E-state index contributed by atoms with van der Waals surface area (Å²) in [5.41, 5.74) is 8.64. The Morgan fingerprint density at radius 3 is 2.12 bits per heavy atom. The molecule has 0 fully saturated rings. The topological polar surface area (TPSA) is 28.7 Å². The van der Waals surface area contributed by atoms with Crippen LogP contribution in [0.1, 0.15) is 18.2 Å². The maximum atomic E-state index is 6.48. The van der Waals surface area contributed by atoms with Gasteiger partial charge in [-0.1, -0.05) is 72.6 Å². The number of aryl methyl sites for hydroxylation is 2. The monoisotopic (exact) mass is 346 g/mol. The minimum atomic E-state index is 0.667. The zero-order valence-corrected chi connectivity index (χ0v) is 15.1. The lowest BCUT2D eigenvalue weighted by molar-refractivity contribution is 1.07. The maximum absolute atomic E-state index is 6.48. The molecular weight excluding hydrogens is 328 g/mol. The summed E-state index contributed by atoms with van der Waals surface area (Å²) in [6, 6.07) is 21.0. The van der Waals surface area contributed by atoms with Gasteiger partial charge in [-0.15, -0.1) is 0 Å². The summed E-state index contributed by atoms with van der Waals surface area (Å²) in [7, 11) is 0. The van der Waals surface area contributed by atoms with Gasteiger partial charge in [0, 0.05) is 11.3 Å². The number of nitrogens with one attached hydrogen (secondary N) is 1. The second kappa shape index (κ2) is 6.38. The highest BCUT2D eigenvalue weighted by molar-refractivity contribution is 6.33. The van der Waals surface area contributed by atoms with Gasteiger partial charge in [-0.2, -0.15) is 0 Å². The molecule has 4 aromatic rings. The van der Waals surface area contributed by atoms with Crippen molar-refractivity contribution < 1.29 is 0 Å². The van der Waals surface area contributed by atoms with Crippen LogP contribution in [-0.2, 0) is 6.42 Å². The van der Waals surface area contributed by atoms with E-state index in [4.69, 9.17) is 16.6 Å². The van der Waals surface area contributed by atoms with E-state index >= 15 is 0 Å². The van der Waals surface area contributed by atoms with Crippen molar-refractivity contribution in [2.45, 2.75) is 20.3 Å². The number of benzene rings is 2. The molecular formula is C22H19ClN2. The van der Waals surface area contributed by atoms with Crippen molar-refractivity contribution in [2.24, 2.45) is 0 Å². The van der Waals surface area contributed by atoms with Crippen molar-refractivity contribution in [1.82, 2.24) is 9.97 Å². The van der Waals surface area contributed by atoms with Crippen molar-refractivity contribution in [1.29, 1.82) is 0 Å². The highest BCUT2D eigenvalue weighted by Gasteiger charge is 2.10. The molecule has 0 aliphatic carbocycles. The van der Waals surface area contributed by atoms with Gasteiger partial charge in [-0.25, -0.2) is 4.98 Å². The third-order valence-electron chi connectivity index (χ3n) is 4.54. The van der Waals surface area contributed by atoms with Crippen LogP contribution >= 0.6 is 11.6 Å². The normalized spacial score (nSPS) is 11.2. The Morgan fingerprint density at radius 2 is 1.48 bits per heavy atom. The fourth-order valence-corrected chi connectivity index (χ4v) is 3.31. The van der Waals surface area contributed by atoms with Gasteiger partial charge >= 0.3 is 0 Å². The van der Waals surface area contributed by atoms with E-state index in [1.807, 2.05) is 6.07 Å². The van der Waals surface area contributed by atoms with E-state index in [0.717, 1.165) is 28.7 Å². The van der Waals surface area contributed by atoms with E-state index in [9.17, 15) is 0 Å². The number of nitrogens with zero attached hydrogens (tertiary/aromatic N) is 1. The van der Waals surface area contributed by atoms with Gasteiger partial charge in [0.2, 0.25) is 0 Å². The molecule has 0 radical (unpaired) electrons. The van der Waals surface area contributed by atoms with Crippen LogP contribution in [0.5, 0.6) is 0 Å². The molecule has 0 amide bonds. The van der Waals surface area contributed by atoms with Crippen molar-refractivity contribution in [2.75, 3.05) is 0 Å². The van der Waals surface area contributed by atoms with Gasteiger partial charge in [-0.3, -0.25) is 0 Å². The highest BCUT2D eigenvalue weighted by Crippen LogP contribution is 2.31. The summed E-state index contributed by atoms with van der Waals surface area (Å²) < 4.78 is 0. The molecule has 3 heteroatoms. The molecule has 2 heterocycles. The zero-order chi connectivity index (χ0) is 17.4. The summed E-state index contributed by atoms with van der Waals surface area (Å²) in [6.07, 6.45) is 0.953. The molecule has 0 bridgehead atoms. The Kier molecular flexibility index (Phi) is 4.06. The highest BCUT2D eigenvalue weighted by atomic mass is 35.5. The minimum absolute atomic E-state index is 0.667. The molecule has 0 aliphatic rings.